The Hall–Kier alpha value is -1.81. The third kappa shape index (κ3) is 2.70. The first-order chi connectivity index (χ1) is 9.74. The third-order valence-corrected chi connectivity index (χ3v) is 4.08. The van der Waals surface area contributed by atoms with Crippen LogP contribution in [0.3, 0.4) is 0 Å². The van der Waals surface area contributed by atoms with Gasteiger partial charge in [0.1, 0.15) is 11.6 Å². The molecule has 0 saturated carbocycles. The van der Waals surface area contributed by atoms with Gasteiger partial charge in [0.05, 0.1) is 0 Å². The topological polar surface area (TPSA) is 48.4 Å². The molecular formula is C16H21N3O. The maximum absolute atomic E-state index is 9.64. The van der Waals surface area contributed by atoms with Gasteiger partial charge in [-0.05, 0) is 56.4 Å². The Bertz CT molecular complexity index is 593. The Labute approximate surface area is 119 Å². The molecule has 1 saturated heterocycles. The molecule has 2 heterocycles. The fourth-order valence-corrected chi connectivity index (χ4v) is 2.85. The number of anilines is 1. The molecule has 1 aliphatic rings. The number of nitrogens with one attached hydrogen (secondary N) is 1. The molecule has 2 aromatic rings. The molecule has 1 fully saturated rings. The minimum Gasteiger partial charge on any atom is -0.508 e. The largest absolute Gasteiger partial charge is 0.508 e. The molecule has 1 aliphatic heterocycles. The molecule has 2 N–H and O–H groups in total. The number of nitrogens with zero attached hydrogens (tertiary/aromatic N) is 2. The Morgan fingerprint density at radius 2 is 2.10 bits per heavy atom. The van der Waals surface area contributed by atoms with Crippen LogP contribution in [-0.4, -0.2) is 40.7 Å². The van der Waals surface area contributed by atoms with Crippen LogP contribution >= 0.6 is 0 Å². The van der Waals surface area contributed by atoms with Crippen LogP contribution in [0.5, 0.6) is 5.75 Å². The standard InChI is InChI=1S/C16H21N3O/c1-12(19-8-2-3-9-19)11-18-16-15-10-14(20)5-4-13(15)6-7-17-16/h4-7,10,12,20H,2-3,8-9,11H2,1H3,(H,17,18). The number of benzene rings is 1. The molecule has 1 aromatic heterocycles. The van der Waals surface area contributed by atoms with Crippen LogP contribution in [0.15, 0.2) is 30.5 Å². The molecule has 3 rings (SSSR count). The lowest BCUT2D eigenvalue weighted by molar-refractivity contribution is 0.269. The lowest BCUT2D eigenvalue weighted by Gasteiger charge is -2.24. The average Bonchev–Trinajstić information content (AvgIpc) is 2.99. The Kier molecular flexibility index (Phi) is 3.74. The summed E-state index contributed by atoms with van der Waals surface area (Å²) in [4.78, 5) is 6.92. The molecular weight excluding hydrogens is 250 g/mol. The van der Waals surface area contributed by atoms with Crippen LogP contribution < -0.4 is 5.32 Å². The van der Waals surface area contributed by atoms with Crippen molar-refractivity contribution in [3.63, 3.8) is 0 Å². The number of phenols is 1. The van der Waals surface area contributed by atoms with E-state index in [4.69, 9.17) is 0 Å². The second kappa shape index (κ2) is 5.67. The molecule has 1 atom stereocenters. The highest BCUT2D eigenvalue weighted by Gasteiger charge is 2.17. The fraction of sp³-hybridized carbons (Fsp3) is 0.438. The van der Waals surface area contributed by atoms with Crippen molar-refractivity contribution in [1.29, 1.82) is 0 Å². The minimum atomic E-state index is 0.279. The van der Waals surface area contributed by atoms with Gasteiger partial charge in [-0.1, -0.05) is 6.07 Å². The minimum absolute atomic E-state index is 0.279. The maximum Gasteiger partial charge on any atom is 0.134 e. The normalized spacial score (nSPS) is 17.4. The van der Waals surface area contributed by atoms with E-state index in [0.29, 0.717) is 6.04 Å². The highest BCUT2D eigenvalue weighted by Crippen LogP contribution is 2.25. The van der Waals surface area contributed by atoms with Crippen molar-refractivity contribution in [2.45, 2.75) is 25.8 Å². The zero-order valence-corrected chi connectivity index (χ0v) is 11.8. The molecule has 0 aliphatic carbocycles. The number of pyridine rings is 1. The third-order valence-electron chi connectivity index (χ3n) is 4.08. The van der Waals surface area contributed by atoms with Gasteiger partial charge in [0.25, 0.3) is 0 Å². The van der Waals surface area contributed by atoms with Crippen LogP contribution in [0, 0.1) is 0 Å². The van der Waals surface area contributed by atoms with E-state index in [0.717, 1.165) is 23.1 Å². The summed E-state index contributed by atoms with van der Waals surface area (Å²) in [5.74, 6) is 1.13. The summed E-state index contributed by atoms with van der Waals surface area (Å²) in [6, 6.07) is 7.86. The van der Waals surface area contributed by atoms with Crippen molar-refractivity contribution < 1.29 is 5.11 Å². The Balaban J connectivity index is 1.75. The first kappa shape index (κ1) is 13.2. The van der Waals surface area contributed by atoms with Gasteiger partial charge in [0, 0.05) is 24.2 Å². The Morgan fingerprint density at radius 3 is 2.90 bits per heavy atom. The number of hydrogen-bond donors (Lipinski definition) is 2. The second-order valence-corrected chi connectivity index (χ2v) is 5.54. The maximum atomic E-state index is 9.64. The monoisotopic (exact) mass is 271 g/mol. The van der Waals surface area contributed by atoms with Gasteiger partial charge >= 0.3 is 0 Å². The van der Waals surface area contributed by atoms with Crippen LogP contribution in [0.1, 0.15) is 19.8 Å². The van der Waals surface area contributed by atoms with Crippen molar-refractivity contribution in [3.05, 3.63) is 30.5 Å². The van der Waals surface area contributed by atoms with E-state index in [1.807, 2.05) is 18.3 Å². The summed E-state index contributed by atoms with van der Waals surface area (Å²) >= 11 is 0. The van der Waals surface area contributed by atoms with E-state index in [-0.39, 0.29) is 5.75 Å². The summed E-state index contributed by atoms with van der Waals surface area (Å²) in [5.41, 5.74) is 0. The van der Waals surface area contributed by atoms with Gasteiger partial charge in [0.2, 0.25) is 0 Å². The van der Waals surface area contributed by atoms with E-state index in [9.17, 15) is 5.11 Å². The number of phenolic OH excluding ortho intramolecular Hbond substituents is 1. The van der Waals surface area contributed by atoms with Gasteiger partial charge in [-0.15, -0.1) is 0 Å². The summed E-state index contributed by atoms with van der Waals surface area (Å²) in [7, 11) is 0. The van der Waals surface area contributed by atoms with Gasteiger partial charge in [0.15, 0.2) is 0 Å². The first-order valence-electron chi connectivity index (χ1n) is 7.30. The second-order valence-electron chi connectivity index (χ2n) is 5.54. The van der Waals surface area contributed by atoms with Crippen LogP contribution in [0.2, 0.25) is 0 Å². The van der Waals surface area contributed by atoms with Crippen molar-refractivity contribution >= 4 is 16.6 Å². The number of likely N-dealkylation sites (tertiary alicyclic amines) is 1. The van der Waals surface area contributed by atoms with E-state index in [1.54, 1.807) is 12.1 Å². The zero-order chi connectivity index (χ0) is 13.9. The van der Waals surface area contributed by atoms with Crippen molar-refractivity contribution in [2.24, 2.45) is 0 Å². The van der Waals surface area contributed by atoms with E-state index >= 15 is 0 Å². The average molecular weight is 271 g/mol. The van der Waals surface area contributed by atoms with Gasteiger partial charge in [-0.2, -0.15) is 0 Å². The molecule has 4 heteroatoms. The summed E-state index contributed by atoms with van der Waals surface area (Å²) in [6.07, 6.45) is 4.43. The van der Waals surface area contributed by atoms with Gasteiger partial charge < -0.3 is 10.4 Å². The highest BCUT2D eigenvalue weighted by molar-refractivity contribution is 5.92. The molecule has 1 aromatic carbocycles. The number of hydrogen-bond acceptors (Lipinski definition) is 4. The number of aromatic nitrogens is 1. The fourth-order valence-electron chi connectivity index (χ4n) is 2.85. The number of aromatic hydroxyl groups is 1. The van der Waals surface area contributed by atoms with E-state index in [1.165, 1.54) is 25.9 Å². The quantitative estimate of drug-likeness (QED) is 0.897. The van der Waals surface area contributed by atoms with Crippen LogP contribution in [-0.2, 0) is 0 Å². The molecule has 0 amide bonds. The van der Waals surface area contributed by atoms with Gasteiger partial charge in [-0.3, -0.25) is 4.90 Å². The Morgan fingerprint density at radius 1 is 1.30 bits per heavy atom. The summed E-state index contributed by atoms with van der Waals surface area (Å²) < 4.78 is 0. The first-order valence-corrected chi connectivity index (χ1v) is 7.30. The SMILES string of the molecule is CC(CNc1nccc2ccc(O)cc12)N1CCCC1. The van der Waals surface area contributed by atoms with E-state index < -0.39 is 0 Å². The summed E-state index contributed by atoms with van der Waals surface area (Å²) in [6.45, 7) is 5.53. The molecule has 0 bridgehead atoms. The van der Waals surface area contributed by atoms with Crippen molar-refractivity contribution in [3.8, 4) is 5.75 Å². The molecule has 1 unspecified atom stereocenters. The number of rotatable bonds is 4. The van der Waals surface area contributed by atoms with Gasteiger partial charge in [-0.25, -0.2) is 4.98 Å². The predicted octanol–water partition coefficient (Wildman–Crippen LogP) is 2.84. The zero-order valence-electron chi connectivity index (χ0n) is 11.8. The van der Waals surface area contributed by atoms with Crippen LogP contribution in [0.25, 0.3) is 10.8 Å². The predicted molar refractivity (Wildman–Crippen MR) is 82.2 cm³/mol. The molecule has 4 nitrogen and oxygen atoms in total. The summed E-state index contributed by atoms with van der Waals surface area (Å²) in [5, 5.41) is 15.1. The number of fused-ring (bicyclic) bond motifs is 1. The highest BCUT2D eigenvalue weighted by atomic mass is 16.3. The van der Waals surface area contributed by atoms with Crippen molar-refractivity contribution in [2.75, 3.05) is 25.0 Å². The molecule has 106 valence electrons. The lowest BCUT2D eigenvalue weighted by atomic mass is 10.1. The lowest BCUT2D eigenvalue weighted by Crippen LogP contribution is -2.35. The smallest absolute Gasteiger partial charge is 0.134 e. The van der Waals surface area contributed by atoms with Crippen LogP contribution in [0.4, 0.5) is 5.82 Å². The van der Waals surface area contributed by atoms with E-state index in [2.05, 4.69) is 22.1 Å². The molecule has 0 spiro atoms. The molecule has 0 radical (unpaired) electrons. The molecule has 20 heavy (non-hydrogen) atoms. The van der Waals surface area contributed by atoms with Crippen molar-refractivity contribution in [1.82, 2.24) is 9.88 Å².